The van der Waals surface area contributed by atoms with E-state index in [4.69, 9.17) is 14.2 Å². The molecule has 10 nitrogen and oxygen atoms in total. The van der Waals surface area contributed by atoms with Crippen LogP contribution in [0.5, 0.6) is 5.75 Å². The summed E-state index contributed by atoms with van der Waals surface area (Å²) in [6.45, 7) is 9.63. The van der Waals surface area contributed by atoms with Crippen LogP contribution >= 0.6 is 0 Å². The standard InChI is InChI=1S/C26H32FN5O5/c1-6-35-24(33)20-14-29-32-10-8-21(31-23(20)32)30-15(2)19-13-17(27)11-16-12-18(36-22(16)19)7-9-28-25(34)37-26(3,4)5/h8,10-11,13-15,18H,6-7,9,12H2,1-5H3,(H,28,34)(H,30,31). The van der Waals surface area contributed by atoms with Gasteiger partial charge in [-0.2, -0.15) is 5.10 Å². The summed E-state index contributed by atoms with van der Waals surface area (Å²) in [5.41, 5.74) is 1.47. The molecule has 198 valence electrons. The van der Waals surface area contributed by atoms with Gasteiger partial charge in [0.15, 0.2) is 5.65 Å². The van der Waals surface area contributed by atoms with Gasteiger partial charge in [0.25, 0.3) is 0 Å². The van der Waals surface area contributed by atoms with Crippen molar-refractivity contribution in [1.29, 1.82) is 0 Å². The summed E-state index contributed by atoms with van der Waals surface area (Å²) in [6.07, 6.45) is 3.49. The maximum absolute atomic E-state index is 14.5. The van der Waals surface area contributed by atoms with Gasteiger partial charge >= 0.3 is 12.1 Å². The third-order valence-corrected chi connectivity index (χ3v) is 5.72. The van der Waals surface area contributed by atoms with Crippen LogP contribution in [0.25, 0.3) is 5.65 Å². The SMILES string of the molecule is CCOC(=O)c1cnn2ccc(NC(C)c3cc(F)cc4c3OC(CCNC(=O)OC(C)(C)C)C4)nc12. The Morgan fingerprint density at radius 2 is 2.11 bits per heavy atom. The quantitative estimate of drug-likeness (QED) is 0.425. The second-order valence-electron chi connectivity index (χ2n) is 9.87. The van der Waals surface area contributed by atoms with Crippen molar-refractivity contribution in [1.82, 2.24) is 19.9 Å². The first-order valence-corrected chi connectivity index (χ1v) is 12.3. The number of nitrogens with zero attached hydrogens (tertiary/aromatic N) is 3. The van der Waals surface area contributed by atoms with Gasteiger partial charge < -0.3 is 24.8 Å². The number of nitrogens with one attached hydrogen (secondary N) is 2. The molecule has 0 spiro atoms. The first kappa shape index (κ1) is 26.2. The average Bonchev–Trinajstić information content (AvgIpc) is 3.41. The monoisotopic (exact) mass is 513 g/mol. The molecule has 3 heterocycles. The van der Waals surface area contributed by atoms with Gasteiger partial charge in [0.2, 0.25) is 0 Å². The summed E-state index contributed by atoms with van der Waals surface area (Å²) < 4.78 is 32.5. The van der Waals surface area contributed by atoms with Crippen molar-refractivity contribution >= 4 is 23.5 Å². The molecule has 0 bridgehead atoms. The van der Waals surface area contributed by atoms with Gasteiger partial charge in [0, 0.05) is 36.7 Å². The number of rotatable bonds is 8. The number of esters is 1. The summed E-state index contributed by atoms with van der Waals surface area (Å²) in [7, 11) is 0. The highest BCUT2D eigenvalue weighted by Crippen LogP contribution is 2.38. The second kappa shape index (κ2) is 10.6. The first-order valence-electron chi connectivity index (χ1n) is 12.3. The number of hydrogen-bond donors (Lipinski definition) is 2. The van der Waals surface area contributed by atoms with Gasteiger partial charge in [-0.1, -0.05) is 0 Å². The van der Waals surface area contributed by atoms with Crippen molar-refractivity contribution in [2.24, 2.45) is 0 Å². The Morgan fingerprint density at radius 1 is 1.32 bits per heavy atom. The van der Waals surface area contributed by atoms with Crippen molar-refractivity contribution < 1.29 is 28.2 Å². The highest BCUT2D eigenvalue weighted by molar-refractivity contribution is 5.95. The van der Waals surface area contributed by atoms with E-state index in [1.54, 1.807) is 40.0 Å². The molecular weight excluding hydrogens is 481 g/mol. The van der Waals surface area contributed by atoms with Crippen LogP contribution in [0.4, 0.5) is 15.0 Å². The molecule has 1 aromatic carbocycles. The lowest BCUT2D eigenvalue weighted by molar-refractivity contribution is 0.0514. The third-order valence-electron chi connectivity index (χ3n) is 5.72. The molecule has 4 rings (SSSR count). The molecule has 3 aromatic rings. The molecule has 2 unspecified atom stereocenters. The predicted molar refractivity (Wildman–Crippen MR) is 134 cm³/mol. The number of aromatic nitrogens is 3. The Labute approximate surface area is 214 Å². The Balaban J connectivity index is 1.44. The molecule has 37 heavy (non-hydrogen) atoms. The zero-order chi connectivity index (χ0) is 26.7. The molecule has 2 atom stereocenters. The minimum atomic E-state index is -0.572. The van der Waals surface area contributed by atoms with E-state index >= 15 is 0 Å². The van der Waals surface area contributed by atoms with E-state index in [0.717, 1.165) is 5.56 Å². The van der Waals surface area contributed by atoms with Gasteiger partial charge in [0.05, 0.1) is 18.8 Å². The fraction of sp³-hybridized carbons (Fsp3) is 0.462. The summed E-state index contributed by atoms with van der Waals surface area (Å²) in [4.78, 5) is 28.6. The second-order valence-corrected chi connectivity index (χ2v) is 9.87. The molecule has 0 radical (unpaired) electrons. The van der Waals surface area contributed by atoms with Gasteiger partial charge in [-0.25, -0.2) is 23.5 Å². The van der Waals surface area contributed by atoms with Crippen LogP contribution in [0, 0.1) is 5.82 Å². The Bertz CT molecular complexity index is 1300. The Kier molecular flexibility index (Phi) is 7.51. The molecule has 2 N–H and O–H groups in total. The maximum atomic E-state index is 14.5. The van der Waals surface area contributed by atoms with Crippen molar-refractivity contribution in [3.63, 3.8) is 0 Å². The lowest BCUT2D eigenvalue weighted by Crippen LogP contribution is -2.34. The van der Waals surface area contributed by atoms with E-state index in [1.807, 2.05) is 6.92 Å². The van der Waals surface area contributed by atoms with Crippen molar-refractivity contribution in [3.05, 3.63) is 53.1 Å². The number of fused-ring (bicyclic) bond motifs is 2. The van der Waals surface area contributed by atoms with Crippen molar-refractivity contribution in [2.45, 2.75) is 65.2 Å². The predicted octanol–water partition coefficient (Wildman–Crippen LogP) is 4.44. The number of anilines is 1. The van der Waals surface area contributed by atoms with Crippen LogP contribution < -0.4 is 15.4 Å². The van der Waals surface area contributed by atoms with Crippen LogP contribution in [-0.4, -0.2) is 51.5 Å². The lowest BCUT2D eigenvalue weighted by atomic mass is 10.0. The van der Waals surface area contributed by atoms with E-state index in [1.165, 1.54) is 22.8 Å². The van der Waals surface area contributed by atoms with Gasteiger partial charge in [-0.05, 0) is 52.8 Å². The van der Waals surface area contributed by atoms with Crippen LogP contribution in [0.2, 0.25) is 0 Å². The van der Waals surface area contributed by atoms with Crippen molar-refractivity contribution in [3.8, 4) is 5.75 Å². The van der Waals surface area contributed by atoms with Gasteiger partial charge in [-0.3, -0.25) is 0 Å². The first-order chi connectivity index (χ1) is 17.5. The molecule has 1 amide bonds. The summed E-state index contributed by atoms with van der Waals surface area (Å²) in [6, 6.07) is 4.29. The van der Waals surface area contributed by atoms with E-state index in [0.29, 0.717) is 42.2 Å². The van der Waals surface area contributed by atoms with Gasteiger partial charge in [0.1, 0.15) is 34.7 Å². The molecule has 1 aliphatic heterocycles. The smallest absolute Gasteiger partial charge is 0.407 e. The molecular formula is C26H32FN5O5. The normalized spacial score (nSPS) is 15.6. The summed E-state index contributed by atoms with van der Waals surface area (Å²) >= 11 is 0. The summed E-state index contributed by atoms with van der Waals surface area (Å²) in [5.74, 6) is 0.252. The third kappa shape index (κ3) is 6.28. The molecule has 1 aliphatic rings. The fourth-order valence-corrected chi connectivity index (χ4v) is 4.16. The van der Waals surface area contributed by atoms with E-state index in [2.05, 4.69) is 20.7 Å². The highest BCUT2D eigenvalue weighted by Gasteiger charge is 2.29. The zero-order valence-electron chi connectivity index (χ0n) is 21.6. The number of benzene rings is 1. The number of carbonyl (C=O) groups is 2. The maximum Gasteiger partial charge on any atom is 0.407 e. The van der Waals surface area contributed by atoms with Crippen LogP contribution in [0.15, 0.2) is 30.6 Å². The zero-order valence-corrected chi connectivity index (χ0v) is 21.6. The molecule has 0 fully saturated rings. The number of alkyl carbamates (subject to hydrolysis) is 1. The van der Waals surface area contributed by atoms with Gasteiger partial charge in [-0.15, -0.1) is 0 Å². The van der Waals surface area contributed by atoms with E-state index < -0.39 is 17.7 Å². The van der Waals surface area contributed by atoms with Crippen LogP contribution in [0.3, 0.4) is 0 Å². The van der Waals surface area contributed by atoms with E-state index in [9.17, 15) is 14.0 Å². The average molecular weight is 514 g/mol. The highest BCUT2D eigenvalue weighted by atomic mass is 19.1. The minimum absolute atomic E-state index is 0.203. The fourth-order valence-electron chi connectivity index (χ4n) is 4.16. The number of amides is 1. The molecule has 0 aliphatic carbocycles. The van der Waals surface area contributed by atoms with Crippen molar-refractivity contribution in [2.75, 3.05) is 18.5 Å². The number of hydrogen-bond acceptors (Lipinski definition) is 8. The lowest BCUT2D eigenvalue weighted by Gasteiger charge is -2.20. The molecule has 0 saturated heterocycles. The number of ether oxygens (including phenoxy) is 3. The van der Waals surface area contributed by atoms with Crippen LogP contribution in [0.1, 0.15) is 68.6 Å². The number of carbonyl (C=O) groups excluding carboxylic acids is 2. The molecule has 2 aromatic heterocycles. The minimum Gasteiger partial charge on any atom is -0.489 e. The number of halogens is 1. The topological polar surface area (TPSA) is 116 Å². The molecule has 11 heteroatoms. The largest absolute Gasteiger partial charge is 0.489 e. The molecule has 0 saturated carbocycles. The summed E-state index contributed by atoms with van der Waals surface area (Å²) in [5, 5.41) is 10.1. The van der Waals surface area contributed by atoms with Crippen LogP contribution in [-0.2, 0) is 15.9 Å². The Morgan fingerprint density at radius 3 is 2.84 bits per heavy atom. The van der Waals surface area contributed by atoms with E-state index in [-0.39, 0.29) is 30.1 Å². The Hall–Kier alpha value is -3.89.